The van der Waals surface area contributed by atoms with Crippen molar-refractivity contribution >= 4 is 0 Å². The van der Waals surface area contributed by atoms with E-state index in [2.05, 4.69) is 36.3 Å². The molecule has 0 aliphatic rings. The molecule has 0 saturated heterocycles. The second kappa shape index (κ2) is 13.4. The highest BCUT2D eigenvalue weighted by Crippen LogP contribution is 2.00. The molecule has 0 fully saturated rings. The van der Waals surface area contributed by atoms with Gasteiger partial charge in [0.2, 0.25) is 0 Å². The van der Waals surface area contributed by atoms with Gasteiger partial charge in [-0.2, -0.15) is 0 Å². The van der Waals surface area contributed by atoms with Gasteiger partial charge in [-0.1, -0.05) is 43.1 Å². The van der Waals surface area contributed by atoms with Crippen molar-refractivity contribution in [2.75, 3.05) is 0 Å². The zero-order chi connectivity index (χ0) is 13.5. The molecule has 18 heavy (non-hydrogen) atoms. The quantitative estimate of drug-likeness (QED) is 0.313. The summed E-state index contributed by atoms with van der Waals surface area (Å²) in [4.78, 5) is 0. The van der Waals surface area contributed by atoms with E-state index >= 15 is 0 Å². The zero-order valence-corrected chi connectivity index (χ0v) is 11.2. The van der Waals surface area contributed by atoms with Crippen molar-refractivity contribution in [1.82, 2.24) is 0 Å². The summed E-state index contributed by atoms with van der Waals surface area (Å²) in [6, 6.07) is 0. The van der Waals surface area contributed by atoms with Crippen molar-refractivity contribution in [3.8, 4) is 23.7 Å². The van der Waals surface area contributed by atoms with Crippen LogP contribution in [0.4, 0.5) is 0 Å². The first kappa shape index (κ1) is 16.3. The zero-order valence-electron chi connectivity index (χ0n) is 11.2. The molecule has 1 atom stereocenters. The van der Waals surface area contributed by atoms with E-state index in [-0.39, 0.29) is 0 Å². The summed E-state index contributed by atoms with van der Waals surface area (Å²) >= 11 is 0. The van der Waals surface area contributed by atoms with E-state index in [1.54, 1.807) is 6.08 Å². The third-order valence-corrected chi connectivity index (χ3v) is 2.22. The standard InChI is InChI=1S/C17H22O/c1-3-5-6-7-8-9-10-11-12-13-14-15-16-17(18)4-2/h3,9-12,17-18H,1,4-8H2,2H3/b10-9+,12-11+/t17-/m0/s1. The minimum Gasteiger partial charge on any atom is -0.380 e. The van der Waals surface area contributed by atoms with Crippen LogP contribution in [0.25, 0.3) is 0 Å². The average Bonchev–Trinajstić information content (AvgIpc) is 2.39. The summed E-state index contributed by atoms with van der Waals surface area (Å²) in [6.07, 6.45) is 14.4. The fourth-order valence-electron chi connectivity index (χ4n) is 1.13. The fraction of sp³-hybridized carbons (Fsp3) is 0.412. The van der Waals surface area contributed by atoms with E-state index in [4.69, 9.17) is 5.11 Å². The van der Waals surface area contributed by atoms with E-state index in [0.29, 0.717) is 6.42 Å². The molecule has 0 radical (unpaired) electrons. The summed E-state index contributed by atoms with van der Waals surface area (Å²) in [7, 11) is 0. The smallest absolute Gasteiger partial charge is 0.115 e. The van der Waals surface area contributed by atoms with Crippen LogP contribution >= 0.6 is 0 Å². The van der Waals surface area contributed by atoms with Crippen LogP contribution in [-0.2, 0) is 0 Å². The predicted molar refractivity (Wildman–Crippen MR) is 78.8 cm³/mol. The molecule has 1 N–H and O–H groups in total. The first-order chi connectivity index (χ1) is 8.81. The summed E-state index contributed by atoms with van der Waals surface area (Å²) in [6.45, 7) is 5.57. The SMILES string of the molecule is C=CCCCC/C=C/C=C/C#CC#C[C@@H](O)CC. The molecule has 1 heteroatoms. The highest BCUT2D eigenvalue weighted by molar-refractivity contribution is 5.32. The number of aliphatic hydroxyl groups excluding tert-OH is 1. The third-order valence-electron chi connectivity index (χ3n) is 2.22. The van der Waals surface area contributed by atoms with Crippen LogP contribution in [0.5, 0.6) is 0 Å². The highest BCUT2D eigenvalue weighted by atomic mass is 16.3. The Labute approximate surface area is 111 Å². The maximum absolute atomic E-state index is 9.14. The number of unbranched alkanes of at least 4 members (excludes halogenated alkanes) is 3. The number of hydrogen-bond acceptors (Lipinski definition) is 1. The van der Waals surface area contributed by atoms with Gasteiger partial charge in [-0.25, -0.2) is 0 Å². The van der Waals surface area contributed by atoms with Crippen molar-refractivity contribution in [1.29, 1.82) is 0 Å². The maximum atomic E-state index is 9.14. The normalized spacial score (nSPS) is 11.7. The lowest BCUT2D eigenvalue weighted by Gasteiger charge is -1.91. The molecule has 0 saturated carbocycles. The molecule has 0 rings (SSSR count). The highest BCUT2D eigenvalue weighted by Gasteiger charge is 1.88. The maximum Gasteiger partial charge on any atom is 0.115 e. The molecule has 1 nitrogen and oxygen atoms in total. The Kier molecular flexibility index (Phi) is 12.1. The van der Waals surface area contributed by atoms with Crippen LogP contribution in [0.1, 0.15) is 39.0 Å². The Balaban J connectivity index is 3.69. The van der Waals surface area contributed by atoms with Gasteiger partial charge in [0.15, 0.2) is 0 Å². The molecule has 0 aliphatic carbocycles. The first-order valence-electron chi connectivity index (χ1n) is 6.43. The summed E-state index contributed by atoms with van der Waals surface area (Å²) in [5, 5.41) is 9.14. The largest absolute Gasteiger partial charge is 0.380 e. The van der Waals surface area contributed by atoms with E-state index in [0.717, 1.165) is 12.8 Å². The van der Waals surface area contributed by atoms with E-state index in [1.165, 1.54) is 12.8 Å². The molecular weight excluding hydrogens is 220 g/mol. The molecule has 0 amide bonds. The average molecular weight is 242 g/mol. The molecule has 0 bridgehead atoms. The molecule has 96 valence electrons. The van der Waals surface area contributed by atoms with Crippen molar-refractivity contribution in [3.63, 3.8) is 0 Å². The number of aliphatic hydroxyl groups is 1. The second-order valence-corrected chi connectivity index (χ2v) is 3.82. The molecule has 0 aliphatic heterocycles. The van der Waals surface area contributed by atoms with Gasteiger partial charge in [0.25, 0.3) is 0 Å². The van der Waals surface area contributed by atoms with Gasteiger partial charge in [-0.05, 0) is 50.0 Å². The number of allylic oxidation sites excluding steroid dienone is 5. The topological polar surface area (TPSA) is 20.2 Å². The van der Waals surface area contributed by atoms with Crippen molar-refractivity contribution in [3.05, 3.63) is 37.0 Å². The summed E-state index contributed by atoms with van der Waals surface area (Å²) < 4.78 is 0. The van der Waals surface area contributed by atoms with Crippen LogP contribution in [0, 0.1) is 23.7 Å². The minimum atomic E-state index is -0.557. The lowest BCUT2D eigenvalue weighted by Crippen LogP contribution is -1.98. The Bertz CT molecular complexity index is 379. The predicted octanol–water partition coefficient (Wildman–Crippen LogP) is 3.62. The van der Waals surface area contributed by atoms with Crippen LogP contribution < -0.4 is 0 Å². The summed E-state index contributed by atoms with van der Waals surface area (Å²) in [5.74, 6) is 10.7. The van der Waals surface area contributed by atoms with E-state index in [1.807, 2.05) is 25.2 Å². The molecule has 0 heterocycles. The van der Waals surface area contributed by atoms with Gasteiger partial charge >= 0.3 is 0 Å². The van der Waals surface area contributed by atoms with Gasteiger partial charge in [0.1, 0.15) is 6.10 Å². The van der Waals surface area contributed by atoms with E-state index < -0.39 is 6.10 Å². The number of hydrogen-bond donors (Lipinski definition) is 1. The van der Waals surface area contributed by atoms with Gasteiger partial charge in [0.05, 0.1) is 0 Å². The monoisotopic (exact) mass is 242 g/mol. The van der Waals surface area contributed by atoms with Crippen LogP contribution in [0.3, 0.4) is 0 Å². The second-order valence-electron chi connectivity index (χ2n) is 3.82. The van der Waals surface area contributed by atoms with Gasteiger partial charge < -0.3 is 5.11 Å². The van der Waals surface area contributed by atoms with Gasteiger partial charge in [-0.15, -0.1) is 6.58 Å². The van der Waals surface area contributed by atoms with Crippen molar-refractivity contribution < 1.29 is 5.11 Å². The Hall–Kier alpha value is -1.70. The molecular formula is C17H22O. The van der Waals surface area contributed by atoms with Crippen LogP contribution in [-0.4, -0.2) is 11.2 Å². The Morgan fingerprint density at radius 2 is 1.94 bits per heavy atom. The fourth-order valence-corrected chi connectivity index (χ4v) is 1.13. The molecule has 0 aromatic carbocycles. The first-order valence-corrected chi connectivity index (χ1v) is 6.43. The molecule has 0 spiro atoms. The molecule has 0 aromatic heterocycles. The van der Waals surface area contributed by atoms with Crippen LogP contribution in [0.15, 0.2) is 37.0 Å². The third kappa shape index (κ3) is 12.4. The number of rotatable bonds is 7. The lowest BCUT2D eigenvalue weighted by molar-refractivity contribution is 0.228. The lowest BCUT2D eigenvalue weighted by atomic mass is 10.2. The molecule has 0 aromatic rings. The Morgan fingerprint density at radius 1 is 1.17 bits per heavy atom. The summed E-state index contributed by atoms with van der Waals surface area (Å²) in [5.41, 5.74) is 0. The van der Waals surface area contributed by atoms with Gasteiger partial charge in [-0.3, -0.25) is 0 Å². The minimum absolute atomic E-state index is 0.557. The van der Waals surface area contributed by atoms with Gasteiger partial charge in [0, 0.05) is 0 Å². The van der Waals surface area contributed by atoms with E-state index in [9.17, 15) is 0 Å². The van der Waals surface area contributed by atoms with Crippen molar-refractivity contribution in [2.24, 2.45) is 0 Å². The molecule has 0 unspecified atom stereocenters. The van der Waals surface area contributed by atoms with Crippen molar-refractivity contribution in [2.45, 2.75) is 45.1 Å². The Morgan fingerprint density at radius 3 is 2.67 bits per heavy atom. The van der Waals surface area contributed by atoms with Crippen LogP contribution in [0.2, 0.25) is 0 Å².